The van der Waals surface area contributed by atoms with Crippen molar-refractivity contribution >= 4 is 0 Å². The summed E-state index contributed by atoms with van der Waals surface area (Å²) in [6.45, 7) is 10.3. The maximum absolute atomic E-state index is 5.38. The van der Waals surface area contributed by atoms with Crippen LogP contribution in [0.3, 0.4) is 0 Å². The highest BCUT2D eigenvalue weighted by atomic mass is 16.5. The fourth-order valence-corrected chi connectivity index (χ4v) is 2.29. The Morgan fingerprint density at radius 1 is 1.26 bits per heavy atom. The Morgan fingerprint density at radius 3 is 2.79 bits per heavy atom. The van der Waals surface area contributed by atoms with E-state index < -0.39 is 0 Å². The van der Waals surface area contributed by atoms with Crippen LogP contribution in [0.4, 0.5) is 0 Å². The fourth-order valence-electron chi connectivity index (χ4n) is 2.29. The minimum absolute atomic E-state index is 0.512. The lowest BCUT2D eigenvalue weighted by atomic mass is 10.1. The predicted molar refractivity (Wildman–Crippen MR) is 81.5 cm³/mol. The van der Waals surface area contributed by atoms with Gasteiger partial charge in [-0.1, -0.05) is 20.3 Å². The lowest BCUT2D eigenvalue weighted by Crippen LogP contribution is -2.21. The third kappa shape index (κ3) is 6.26. The Hall–Kier alpha value is -0.800. The van der Waals surface area contributed by atoms with Gasteiger partial charge in [-0.3, -0.25) is 0 Å². The van der Waals surface area contributed by atoms with E-state index in [9.17, 15) is 0 Å². The van der Waals surface area contributed by atoms with Crippen LogP contribution in [-0.2, 0) is 11.3 Å². The summed E-state index contributed by atoms with van der Waals surface area (Å²) in [6.07, 6.45) is 9.18. The first-order valence-corrected chi connectivity index (χ1v) is 7.78. The maximum atomic E-state index is 5.38. The summed E-state index contributed by atoms with van der Waals surface area (Å²) >= 11 is 0. The van der Waals surface area contributed by atoms with Gasteiger partial charge in [0.2, 0.25) is 0 Å². The van der Waals surface area contributed by atoms with Crippen LogP contribution < -0.4 is 5.32 Å². The Labute approximate surface area is 118 Å². The average molecular weight is 266 g/mol. The van der Waals surface area contributed by atoms with E-state index in [1.165, 1.54) is 24.8 Å². The Balaban J connectivity index is 2.44. The highest BCUT2D eigenvalue weighted by molar-refractivity contribution is 5.15. The second-order valence-electron chi connectivity index (χ2n) is 5.03. The number of hydrogen-bond acceptors (Lipinski definition) is 2. The van der Waals surface area contributed by atoms with Gasteiger partial charge >= 0.3 is 0 Å². The topological polar surface area (TPSA) is 26.2 Å². The molecule has 0 bridgehead atoms. The number of nitrogens with one attached hydrogen (secondary N) is 1. The molecule has 3 heteroatoms. The summed E-state index contributed by atoms with van der Waals surface area (Å²) in [4.78, 5) is 0. The van der Waals surface area contributed by atoms with Gasteiger partial charge in [0.05, 0.1) is 0 Å². The van der Waals surface area contributed by atoms with Crippen molar-refractivity contribution in [1.82, 2.24) is 9.88 Å². The fraction of sp³-hybridized carbons (Fsp3) is 0.750. The first-order valence-electron chi connectivity index (χ1n) is 7.78. The number of ether oxygens (including phenoxy) is 1. The van der Waals surface area contributed by atoms with Crippen LogP contribution in [0.5, 0.6) is 0 Å². The van der Waals surface area contributed by atoms with E-state index in [0.717, 1.165) is 32.7 Å². The van der Waals surface area contributed by atoms with E-state index >= 15 is 0 Å². The molecule has 1 unspecified atom stereocenters. The molecule has 110 valence electrons. The summed E-state index contributed by atoms with van der Waals surface area (Å²) in [5.74, 6) is 0. The molecule has 1 rings (SSSR count). The lowest BCUT2D eigenvalue weighted by Gasteiger charge is -2.16. The molecule has 1 N–H and O–H groups in total. The van der Waals surface area contributed by atoms with Gasteiger partial charge in [-0.05, 0) is 44.4 Å². The van der Waals surface area contributed by atoms with E-state index in [0.29, 0.717) is 6.04 Å². The van der Waals surface area contributed by atoms with Gasteiger partial charge in [0.25, 0.3) is 0 Å². The standard InChI is InChI=1S/C16H30N2O/c1-4-8-16(17-10-5-2)15-9-12-18(14-15)11-7-13-19-6-3/h9,12,14,16-17H,4-8,10-11,13H2,1-3H3. The van der Waals surface area contributed by atoms with Gasteiger partial charge in [-0.2, -0.15) is 0 Å². The van der Waals surface area contributed by atoms with Gasteiger partial charge in [0.15, 0.2) is 0 Å². The Morgan fingerprint density at radius 2 is 2.11 bits per heavy atom. The van der Waals surface area contributed by atoms with E-state index in [-0.39, 0.29) is 0 Å². The molecule has 0 radical (unpaired) electrons. The molecule has 0 spiro atoms. The van der Waals surface area contributed by atoms with Crippen molar-refractivity contribution in [2.24, 2.45) is 0 Å². The third-order valence-corrected chi connectivity index (χ3v) is 3.30. The summed E-state index contributed by atoms with van der Waals surface area (Å²) in [7, 11) is 0. The van der Waals surface area contributed by atoms with Gasteiger partial charge in [-0.25, -0.2) is 0 Å². The monoisotopic (exact) mass is 266 g/mol. The van der Waals surface area contributed by atoms with E-state index in [2.05, 4.69) is 42.2 Å². The van der Waals surface area contributed by atoms with Crippen LogP contribution in [0.1, 0.15) is 58.1 Å². The van der Waals surface area contributed by atoms with Crippen molar-refractivity contribution in [1.29, 1.82) is 0 Å². The third-order valence-electron chi connectivity index (χ3n) is 3.30. The molecule has 0 aliphatic rings. The summed E-state index contributed by atoms with van der Waals surface area (Å²) in [6, 6.07) is 2.77. The average Bonchev–Trinajstić information content (AvgIpc) is 2.88. The van der Waals surface area contributed by atoms with Crippen LogP contribution in [0.2, 0.25) is 0 Å². The first kappa shape index (κ1) is 16.3. The van der Waals surface area contributed by atoms with E-state index in [1.54, 1.807) is 0 Å². The summed E-state index contributed by atoms with van der Waals surface area (Å²) in [5.41, 5.74) is 1.42. The molecule has 1 heterocycles. The minimum Gasteiger partial charge on any atom is -0.382 e. The Kier molecular flexibility index (Phi) is 8.59. The highest BCUT2D eigenvalue weighted by Gasteiger charge is 2.10. The number of aryl methyl sites for hydroxylation is 1. The lowest BCUT2D eigenvalue weighted by molar-refractivity contribution is 0.141. The molecular weight excluding hydrogens is 236 g/mol. The quantitative estimate of drug-likeness (QED) is 0.617. The summed E-state index contributed by atoms with van der Waals surface area (Å²) < 4.78 is 7.66. The molecule has 1 atom stereocenters. The number of rotatable bonds is 11. The second kappa shape index (κ2) is 10.0. The minimum atomic E-state index is 0.512. The number of hydrogen-bond donors (Lipinski definition) is 1. The Bertz CT molecular complexity index is 322. The van der Waals surface area contributed by atoms with Crippen LogP contribution in [-0.4, -0.2) is 24.3 Å². The van der Waals surface area contributed by atoms with Crippen molar-refractivity contribution in [2.45, 2.75) is 59.0 Å². The zero-order valence-corrected chi connectivity index (χ0v) is 12.8. The van der Waals surface area contributed by atoms with Crippen molar-refractivity contribution in [2.75, 3.05) is 19.8 Å². The largest absolute Gasteiger partial charge is 0.382 e. The zero-order valence-electron chi connectivity index (χ0n) is 12.8. The van der Waals surface area contributed by atoms with Crippen molar-refractivity contribution < 1.29 is 4.74 Å². The molecule has 0 saturated heterocycles. The van der Waals surface area contributed by atoms with Crippen LogP contribution >= 0.6 is 0 Å². The van der Waals surface area contributed by atoms with Gasteiger partial charge in [-0.15, -0.1) is 0 Å². The molecule has 0 aliphatic carbocycles. The SMILES string of the molecule is CCCNC(CCC)c1ccn(CCCOCC)c1. The highest BCUT2D eigenvalue weighted by Crippen LogP contribution is 2.19. The van der Waals surface area contributed by atoms with Crippen LogP contribution in [0, 0.1) is 0 Å². The molecule has 0 fully saturated rings. The molecule has 0 aliphatic heterocycles. The molecule has 1 aromatic rings. The van der Waals surface area contributed by atoms with Crippen molar-refractivity contribution in [3.63, 3.8) is 0 Å². The normalized spacial score (nSPS) is 12.8. The van der Waals surface area contributed by atoms with Crippen molar-refractivity contribution in [3.05, 3.63) is 24.0 Å². The van der Waals surface area contributed by atoms with Gasteiger partial charge in [0, 0.05) is 38.2 Å². The van der Waals surface area contributed by atoms with Gasteiger partial charge < -0.3 is 14.6 Å². The molecule has 19 heavy (non-hydrogen) atoms. The van der Waals surface area contributed by atoms with Gasteiger partial charge in [0.1, 0.15) is 0 Å². The molecule has 0 amide bonds. The molecule has 1 aromatic heterocycles. The van der Waals surface area contributed by atoms with Crippen molar-refractivity contribution in [3.8, 4) is 0 Å². The van der Waals surface area contributed by atoms with Crippen LogP contribution in [0.15, 0.2) is 18.5 Å². The first-order chi connectivity index (χ1) is 9.31. The maximum Gasteiger partial charge on any atom is 0.0482 e. The number of aromatic nitrogens is 1. The molecule has 0 saturated carbocycles. The second-order valence-corrected chi connectivity index (χ2v) is 5.03. The van der Waals surface area contributed by atoms with E-state index in [4.69, 9.17) is 4.74 Å². The summed E-state index contributed by atoms with van der Waals surface area (Å²) in [5, 5.41) is 3.64. The molecule has 3 nitrogen and oxygen atoms in total. The smallest absolute Gasteiger partial charge is 0.0482 e. The number of nitrogens with zero attached hydrogens (tertiary/aromatic N) is 1. The van der Waals surface area contributed by atoms with Crippen LogP contribution in [0.25, 0.3) is 0 Å². The molecular formula is C16H30N2O. The predicted octanol–water partition coefficient (Wildman–Crippen LogP) is 3.76. The van der Waals surface area contributed by atoms with E-state index in [1.807, 2.05) is 6.92 Å². The molecule has 0 aromatic carbocycles. The zero-order chi connectivity index (χ0) is 13.9.